The fourth-order valence-corrected chi connectivity index (χ4v) is 4.38. The van der Waals surface area contributed by atoms with E-state index in [9.17, 15) is 14.0 Å². The molecule has 0 fully saturated rings. The largest absolute Gasteiger partial charge is 0.354 e. The van der Waals surface area contributed by atoms with Crippen LogP contribution in [-0.4, -0.2) is 35.1 Å². The van der Waals surface area contributed by atoms with Gasteiger partial charge < -0.3 is 10.2 Å². The Labute approximate surface area is 205 Å². The molecule has 0 aromatic heterocycles. The molecule has 3 aromatic rings. The van der Waals surface area contributed by atoms with Gasteiger partial charge in [-0.15, -0.1) is 11.8 Å². The number of nitrogens with zero attached hydrogens (tertiary/aromatic N) is 1. The highest BCUT2D eigenvalue weighted by atomic mass is 32.2. The topological polar surface area (TPSA) is 49.4 Å². The normalized spacial score (nSPS) is 11.6. The number of hydrogen-bond acceptors (Lipinski definition) is 3. The average Bonchev–Trinajstić information content (AvgIpc) is 2.85. The van der Waals surface area contributed by atoms with Crippen LogP contribution in [0.2, 0.25) is 0 Å². The minimum Gasteiger partial charge on any atom is -0.354 e. The van der Waals surface area contributed by atoms with Crippen LogP contribution in [0, 0.1) is 12.7 Å². The average molecular weight is 479 g/mol. The van der Waals surface area contributed by atoms with E-state index in [4.69, 9.17) is 0 Å². The lowest BCUT2D eigenvalue weighted by molar-refractivity contribution is -0.139. The number of hydrogen-bond donors (Lipinski definition) is 1. The number of carbonyl (C=O) groups is 2. The molecule has 3 rings (SSSR count). The predicted octanol–water partition coefficient (Wildman–Crippen LogP) is 5.39. The molecule has 6 heteroatoms. The van der Waals surface area contributed by atoms with E-state index in [-0.39, 0.29) is 29.9 Å². The van der Waals surface area contributed by atoms with Crippen LogP contribution in [0.4, 0.5) is 4.39 Å². The number of halogens is 1. The van der Waals surface area contributed by atoms with Gasteiger partial charge in [0, 0.05) is 30.0 Å². The number of amides is 2. The maximum atomic E-state index is 14.6. The van der Waals surface area contributed by atoms with Gasteiger partial charge in [-0.05, 0) is 37.1 Å². The van der Waals surface area contributed by atoms with Crippen molar-refractivity contribution in [3.05, 3.63) is 101 Å². The summed E-state index contributed by atoms with van der Waals surface area (Å²) >= 11 is 1.42. The van der Waals surface area contributed by atoms with Crippen molar-refractivity contribution in [2.45, 2.75) is 44.2 Å². The van der Waals surface area contributed by atoms with Gasteiger partial charge in [-0.25, -0.2) is 4.39 Å². The highest BCUT2D eigenvalue weighted by Gasteiger charge is 2.30. The van der Waals surface area contributed by atoms with E-state index in [0.717, 1.165) is 22.4 Å². The lowest BCUT2D eigenvalue weighted by atomic mass is 10.0. The molecule has 4 nitrogen and oxygen atoms in total. The van der Waals surface area contributed by atoms with E-state index in [1.807, 2.05) is 68.4 Å². The van der Waals surface area contributed by atoms with E-state index < -0.39 is 6.04 Å². The summed E-state index contributed by atoms with van der Waals surface area (Å²) < 4.78 is 14.6. The van der Waals surface area contributed by atoms with Crippen molar-refractivity contribution < 1.29 is 14.0 Å². The summed E-state index contributed by atoms with van der Waals surface area (Å²) in [4.78, 5) is 29.2. The Balaban J connectivity index is 1.89. The SMILES string of the molecule is CCCNC(=O)C(Cc1ccccc1)N(Cc1ccccc1F)C(=O)CSc1ccc(C)cc1. The molecule has 0 spiro atoms. The molecule has 0 radical (unpaired) electrons. The van der Waals surface area contributed by atoms with Crippen molar-refractivity contribution in [2.24, 2.45) is 0 Å². The molecule has 0 heterocycles. The van der Waals surface area contributed by atoms with E-state index in [1.54, 1.807) is 18.2 Å². The van der Waals surface area contributed by atoms with Gasteiger partial charge in [0.2, 0.25) is 11.8 Å². The van der Waals surface area contributed by atoms with Crippen LogP contribution in [0.25, 0.3) is 0 Å². The molecule has 0 aliphatic rings. The Kier molecular flexibility index (Phi) is 9.71. The first-order valence-electron chi connectivity index (χ1n) is 11.5. The number of nitrogens with one attached hydrogen (secondary N) is 1. The minimum atomic E-state index is -0.750. The minimum absolute atomic E-state index is 0.0248. The fourth-order valence-electron chi connectivity index (χ4n) is 3.59. The fraction of sp³-hybridized carbons (Fsp3) is 0.286. The Bertz CT molecular complexity index is 1070. The molecule has 0 aliphatic carbocycles. The van der Waals surface area contributed by atoms with E-state index >= 15 is 0 Å². The number of aryl methyl sites for hydroxylation is 1. The number of carbonyl (C=O) groups excluding carboxylic acids is 2. The van der Waals surface area contributed by atoms with Crippen molar-refractivity contribution in [1.29, 1.82) is 0 Å². The summed E-state index contributed by atoms with van der Waals surface area (Å²) in [5.74, 6) is -0.666. The summed E-state index contributed by atoms with van der Waals surface area (Å²) in [6.45, 7) is 4.53. The summed E-state index contributed by atoms with van der Waals surface area (Å²) in [6, 6.07) is 23.2. The third-order valence-corrected chi connectivity index (χ3v) is 6.50. The van der Waals surface area contributed by atoms with Crippen molar-refractivity contribution in [3.8, 4) is 0 Å². The standard InChI is InChI=1S/C28H31FN2O2S/c1-3-17-30-28(33)26(18-22-9-5-4-6-10-22)31(19-23-11-7-8-12-25(23)29)27(32)20-34-24-15-13-21(2)14-16-24/h4-16,26H,3,17-20H2,1-2H3,(H,30,33). The highest BCUT2D eigenvalue weighted by Crippen LogP contribution is 2.22. The van der Waals surface area contributed by atoms with Gasteiger partial charge in [-0.1, -0.05) is 73.2 Å². The summed E-state index contributed by atoms with van der Waals surface area (Å²) in [6.07, 6.45) is 1.14. The molecule has 1 atom stereocenters. The second-order valence-electron chi connectivity index (χ2n) is 8.21. The molecule has 34 heavy (non-hydrogen) atoms. The maximum absolute atomic E-state index is 14.6. The predicted molar refractivity (Wildman–Crippen MR) is 136 cm³/mol. The quantitative estimate of drug-likeness (QED) is 0.376. The molecule has 1 N–H and O–H groups in total. The lowest BCUT2D eigenvalue weighted by Gasteiger charge is -2.31. The van der Waals surface area contributed by atoms with Gasteiger partial charge in [-0.2, -0.15) is 0 Å². The Morgan fingerprint density at radius 3 is 2.32 bits per heavy atom. The van der Waals surface area contributed by atoms with Gasteiger partial charge in [0.05, 0.1) is 5.75 Å². The van der Waals surface area contributed by atoms with Gasteiger partial charge in [0.15, 0.2) is 0 Å². The van der Waals surface area contributed by atoms with Crippen molar-refractivity contribution in [2.75, 3.05) is 12.3 Å². The first-order valence-corrected chi connectivity index (χ1v) is 12.5. The second kappa shape index (κ2) is 12.9. The van der Waals surface area contributed by atoms with Crippen LogP contribution in [0.1, 0.15) is 30.0 Å². The molecule has 0 aliphatic heterocycles. The molecule has 0 saturated heterocycles. The first-order chi connectivity index (χ1) is 16.5. The van der Waals surface area contributed by atoms with Gasteiger partial charge in [-0.3, -0.25) is 9.59 Å². The number of rotatable bonds is 11. The monoisotopic (exact) mass is 478 g/mol. The molecular weight excluding hydrogens is 447 g/mol. The zero-order valence-corrected chi connectivity index (χ0v) is 20.5. The third-order valence-electron chi connectivity index (χ3n) is 5.50. The summed E-state index contributed by atoms with van der Waals surface area (Å²) in [5.41, 5.74) is 2.47. The molecule has 178 valence electrons. The molecule has 0 saturated carbocycles. The van der Waals surface area contributed by atoms with E-state index in [2.05, 4.69) is 5.32 Å². The maximum Gasteiger partial charge on any atom is 0.243 e. The van der Waals surface area contributed by atoms with Crippen molar-refractivity contribution >= 4 is 23.6 Å². The van der Waals surface area contributed by atoms with E-state index in [1.165, 1.54) is 22.7 Å². The zero-order chi connectivity index (χ0) is 24.3. The van der Waals surface area contributed by atoms with Crippen LogP contribution >= 0.6 is 11.8 Å². The van der Waals surface area contributed by atoms with Crippen molar-refractivity contribution in [1.82, 2.24) is 10.2 Å². The molecule has 2 amide bonds. The Hall–Kier alpha value is -3.12. The van der Waals surface area contributed by atoms with Crippen molar-refractivity contribution in [3.63, 3.8) is 0 Å². The zero-order valence-electron chi connectivity index (χ0n) is 19.7. The second-order valence-corrected chi connectivity index (χ2v) is 9.26. The lowest BCUT2D eigenvalue weighted by Crippen LogP contribution is -2.51. The molecule has 0 bridgehead atoms. The molecule has 3 aromatic carbocycles. The molecular formula is C28H31FN2O2S. The van der Waals surface area contributed by atoms with Gasteiger partial charge in [0.1, 0.15) is 11.9 Å². The summed E-state index contributed by atoms with van der Waals surface area (Å²) in [5, 5.41) is 2.94. The number of benzene rings is 3. The Morgan fingerprint density at radius 1 is 0.971 bits per heavy atom. The van der Waals surface area contributed by atoms with Crippen LogP contribution < -0.4 is 5.32 Å². The number of thioether (sulfide) groups is 1. The Morgan fingerprint density at radius 2 is 1.65 bits per heavy atom. The van der Waals surface area contributed by atoms with Gasteiger partial charge in [0.25, 0.3) is 0 Å². The first kappa shape index (κ1) is 25.5. The third kappa shape index (κ3) is 7.45. The van der Waals surface area contributed by atoms with Crippen LogP contribution in [0.3, 0.4) is 0 Å². The molecule has 1 unspecified atom stereocenters. The van der Waals surface area contributed by atoms with Crippen LogP contribution in [0.5, 0.6) is 0 Å². The summed E-state index contributed by atoms with van der Waals surface area (Å²) in [7, 11) is 0. The highest BCUT2D eigenvalue weighted by molar-refractivity contribution is 8.00. The van der Waals surface area contributed by atoms with Gasteiger partial charge >= 0.3 is 0 Å². The van der Waals surface area contributed by atoms with E-state index in [0.29, 0.717) is 18.5 Å². The smallest absolute Gasteiger partial charge is 0.243 e. The van der Waals surface area contributed by atoms with Crippen LogP contribution in [0.15, 0.2) is 83.8 Å². The van der Waals surface area contributed by atoms with Crippen LogP contribution in [-0.2, 0) is 22.6 Å².